The highest BCUT2D eigenvalue weighted by molar-refractivity contribution is 7.14. The Kier molecular flexibility index (Phi) is 17.5. The Labute approximate surface area is 386 Å². The number of hydrogen-bond donors (Lipinski definition) is 4. The minimum atomic E-state index is -0.752. The molecule has 0 bridgehead atoms. The molecule has 1 aliphatic heterocycles. The van der Waals surface area contributed by atoms with E-state index in [1.54, 1.807) is 11.3 Å². The van der Waals surface area contributed by atoms with Gasteiger partial charge in [-0.3, -0.25) is 4.79 Å². The van der Waals surface area contributed by atoms with Gasteiger partial charge in [0.05, 0.1) is 17.1 Å². The van der Waals surface area contributed by atoms with Crippen molar-refractivity contribution in [3.8, 4) is 5.75 Å². The molecule has 2 atom stereocenters. The molecule has 0 aliphatic carbocycles. The second kappa shape index (κ2) is 21.4. The zero-order valence-corrected chi connectivity index (χ0v) is 42.3. The first-order valence-corrected chi connectivity index (χ1v) is 24.4. The summed E-state index contributed by atoms with van der Waals surface area (Å²) < 4.78 is 11.6. The van der Waals surface area contributed by atoms with Crippen LogP contribution in [-0.4, -0.2) is 46.0 Å². The van der Waals surface area contributed by atoms with Crippen molar-refractivity contribution >= 4 is 34.5 Å². The summed E-state index contributed by atoms with van der Waals surface area (Å²) in [5, 5.41) is 34.1. The lowest BCUT2D eigenvalue weighted by atomic mass is 9.73. The van der Waals surface area contributed by atoms with E-state index >= 15 is 0 Å². The lowest BCUT2D eigenvalue weighted by molar-refractivity contribution is -0.136. The number of hydrazone groups is 1. The predicted octanol–water partition coefficient (Wildman–Crippen LogP) is 12.8. The molecular weight excluding hydrogens is 825 g/mol. The molecule has 0 amide bonds. The van der Waals surface area contributed by atoms with Crippen molar-refractivity contribution in [2.75, 3.05) is 6.61 Å². The number of aliphatic hydroxyl groups is 2. The number of carboxylic acids is 1. The Bertz CT molecular complexity index is 2210. The minimum absolute atomic E-state index is 0.0353. The molecular formula is C53H76N2O6S2. The fraction of sp³-hybridized carbons (Fsp3) is 0.547. The number of carboxylic acid groups (broad SMARTS) is 1. The first kappa shape index (κ1) is 51.7. The van der Waals surface area contributed by atoms with Crippen molar-refractivity contribution in [2.45, 2.75) is 171 Å². The average molecular weight is 901 g/mol. The number of ether oxygens (including phenoxy) is 2. The molecule has 2 aromatic carbocycles. The van der Waals surface area contributed by atoms with E-state index in [0.29, 0.717) is 18.2 Å². The van der Waals surface area contributed by atoms with Crippen LogP contribution in [0.1, 0.15) is 166 Å². The standard InChI is InChI=1S/C27H40O3S.C26H36N2O3S/c1-8-27(9-2,21-12-10-20(18(3)16-21)11-15-25(29)30)24-17-19(4)22(31-24)13-14-23(28)26(5,6)7;1-9-26(10-2,22-14-17(4)23(32-22)24-28-27-18(5)31-24)19-11-12-20(16(3)13-19)30-15-21(29)25(6,7)8/h10,12,16-17,23,28H,8-9,11,13-15H2,1-7H3,(H,29,30);11-14,21,27,29H,5,9-10,15H2,1-4,6-8H3. The summed E-state index contributed by atoms with van der Waals surface area (Å²) in [6.45, 7) is 33.8. The fourth-order valence-electron chi connectivity index (χ4n) is 8.35. The average Bonchev–Trinajstić information content (AvgIpc) is 3.94. The number of carbonyl (C=O) groups is 1. The van der Waals surface area contributed by atoms with Crippen LogP contribution < -0.4 is 10.2 Å². The molecule has 0 spiro atoms. The van der Waals surface area contributed by atoms with Gasteiger partial charge >= 0.3 is 5.97 Å². The van der Waals surface area contributed by atoms with Gasteiger partial charge in [0.1, 0.15) is 12.4 Å². The van der Waals surface area contributed by atoms with Crippen molar-refractivity contribution in [1.82, 2.24) is 5.43 Å². The highest BCUT2D eigenvalue weighted by Crippen LogP contribution is 2.46. The maximum absolute atomic E-state index is 11.0. The van der Waals surface area contributed by atoms with Gasteiger partial charge in [0.25, 0.3) is 5.90 Å². The van der Waals surface area contributed by atoms with Gasteiger partial charge in [-0.25, -0.2) is 5.43 Å². The summed E-state index contributed by atoms with van der Waals surface area (Å²) in [4.78, 5) is 16.1. The summed E-state index contributed by atoms with van der Waals surface area (Å²) in [5.74, 6) is 1.11. The van der Waals surface area contributed by atoms with Gasteiger partial charge in [-0.15, -0.1) is 27.8 Å². The minimum Gasteiger partial charge on any atom is -0.491 e. The number of aryl methyl sites for hydroxylation is 6. The van der Waals surface area contributed by atoms with Gasteiger partial charge in [0.2, 0.25) is 5.88 Å². The van der Waals surface area contributed by atoms with E-state index in [2.05, 4.69) is 136 Å². The van der Waals surface area contributed by atoms with E-state index in [0.717, 1.165) is 65.8 Å². The van der Waals surface area contributed by atoms with Gasteiger partial charge in [-0.05, 0) is 147 Å². The number of aliphatic carboxylic acids is 1. The van der Waals surface area contributed by atoms with Gasteiger partial charge in [-0.2, -0.15) is 0 Å². The molecule has 2 aromatic heterocycles. The van der Waals surface area contributed by atoms with Gasteiger partial charge < -0.3 is 24.8 Å². The lowest BCUT2D eigenvalue weighted by Gasteiger charge is -2.32. The Morgan fingerprint density at radius 3 is 1.78 bits per heavy atom. The smallest absolute Gasteiger partial charge is 0.303 e. The number of thiophene rings is 2. The summed E-state index contributed by atoms with van der Waals surface area (Å²) >= 11 is 3.63. The molecule has 2 unspecified atom stereocenters. The SMILES string of the molecule is C=C1NN=C(c2sc(C(CC)(CC)c3ccc(OCC(O)C(C)(C)C)c(C)c3)cc2C)O1.CCC(CC)(c1ccc(CCC(=O)O)c(C)c1)c1cc(C)c(CCC(O)C(C)(C)C)s1. The van der Waals surface area contributed by atoms with Gasteiger partial charge in [0.15, 0.2) is 0 Å². The van der Waals surface area contributed by atoms with Crippen molar-refractivity contribution < 1.29 is 29.6 Å². The summed E-state index contributed by atoms with van der Waals surface area (Å²) in [5.41, 5.74) is 10.8. The van der Waals surface area contributed by atoms with Crippen LogP contribution in [0.5, 0.6) is 5.75 Å². The van der Waals surface area contributed by atoms with Crippen LogP contribution in [0.25, 0.3) is 0 Å². The Morgan fingerprint density at radius 1 is 0.746 bits per heavy atom. The number of aliphatic hydroxyl groups excluding tert-OH is 2. The molecule has 8 nitrogen and oxygen atoms in total. The highest BCUT2D eigenvalue weighted by atomic mass is 32.1. The first-order valence-electron chi connectivity index (χ1n) is 22.8. The molecule has 5 rings (SSSR count). The third kappa shape index (κ3) is 12.2. The quantitative estimate of drug-likeness (QED) is 0.0785. The molecule has 0 radical (unpaired) electrons. The fourth-order valence-corrected chi connectivity index (χ4v) is 11.3. The highest BCUT2D eigenvalue weighted by Gasteiger charge is 2.36. The summed E-state index contributed by atoms with van der Waals surface area (Å²) in [7, 11) is 0. The summed E-state index contributed by atoms with van der Waals surface area (Å²) in [6, 6.07) is 17.6. The maximum Gasteiger partial charge on any atom is 0.303 e. The molecule has 10 heteroatoms. The van der Waals surface area contributed by atoms with Crippen LogP contribution in [0.4, 0.5) is 0 Å². The van der Waals surface area contributed by atoms with E-state index in [9.17, 15) is 15.0 Å². The Hall–Kier alpha value is -3.96. The number of nitrogens with zero attached hydrogens (tertiary/aromatic N) is 1. The van der Waals surface area contributed by atoms with Crippen LogP contribution in [0.15, 0.2) is 66.1 Å². The lowest BCUT2D eigenvalue weighted by Crippen LogP contribution is -2.32. The number of rotatable bonds is 18. The monoisotopic (exact) mass is 901 g/mol. The molecule has 0 saturated carbocycles. The number of hydrogen-bond acceptors (Lipinski definition) is 9. The van der Waals surface area contributed by atoms with Gasteiger partial charge in [0, 0.05) is 31.9 Å². The van der Waals surface area contributed by atoms with Crippen molar-refractivity contribution in [1.29, 1.82) is 0 Å². The van der Waals surface area contributed by atoms with Gasteiger partial charge in [-0.1, -0.05) is 99.6 Å². The maximum atomic E-state index is 11.0. The van der Waals surface area contributed by atoms with E-state index in [4.69, 9.17) is 14.6 Å². The van der Waals surface area contributed by atoms with Crippen molar-refractivity contribution in [2.24, 2.45) is 15.9 Å². The van der Waals surface area contributed by atoms with Crippen LogP contribution >= 0.6 is 22.7 Å². The van der Waals surface area contributed by atoms with Crippen molar-refractivity contribution in [3.63, 3.8) is 0 Å². The molecule has 0 fully saturated rings. The van der Waals surface area contributed by atoms with E-state index in [1.807, 2.05) is 38.2 Å². The molecule has 4 N–H and O–H groups in total. The second-order valence-corrected chi connectivity index (χ2v) is 21.8. The number of benzene rings is 2. The molecule has 3 heterocycles. The molecule has 63 heavy (non-hydrogen) atoms. The van der Waals surface area contributed by atoms with Crippen LogP contribution in [0, 0.1) is 38.5 Å². The van der Waals surface area contributed by atoms with Crippen LogP contribution in [0.3, 0.4) is 0 Å². The van der Waals surface area contributed by atoms with E-state index in [-0.39, 0.29) is 40.8 Å². The normalized spacial score (nSPS) is 14.3. The molecule has 4 aromatic rings. The zero-order valence-electron chi connectivity index (χ0n) is 40.7. The molecule has 1 aliphatic rings. The number of nitrogens with one attached hydrogen (secondary N) is 1. The third-order valence-corrected chi connectivity index (χ3v) is 16.2. The summed E-state index contributed by atoms with van der Waals surface area (Å²) in [6.07, 6.45) is 5.59. The van der Waals surface area contributed by atoms with Crippen LogP contribution in [0.2, 0.25) is 0 Å². The Morgan fingerprint density at radius 2 is 1.29 bits per heavy atom. The van der Waals surface area contributed by atoms with E-state index in [1.165, 1.54) is 36.9 Å². The van der Waals surface area contributed by atoms with Crippen molar-refractivity contribution in [3.05, 3.63) is 119 Å². The first-order chi connectivity index (χ1) is 29.5. The largest absolute Gasteiger partial charge is 0.491 e. The van der Waals surface area contributed by atoms with E-state index < -0.39 is 12.1 Å². The molecule has 0 saturated heterocycles. The Balaban J connectivity index is 0.000000277. The second-order valence-electron chi connectivity index (χ2n) is 19.6. The van der Waals surface area contributed by atoms with Crippen LogP contribution in [-0.2, 0) is 33.2 Å². The molecule has 346 valence electrons. The predicted molar refractivity (Wildman–Crippen MR) is 264 cm³/mol. The topological polar surface area (TPSA) is 121 Å². The zero-order chi connectivity index (χ0) is 47.1. The third-order valence-electron chi connectivity index (χ3n) is 13.3.